The van der Waals surface area contributed by atoms with Crippen LogP contribution in [0.3, 0.4) is 0 Å². The minimum atomic E-state index is -2.55. The van der Waals surface area contributed by atoms with E-state index >= 15 is 0 Å². The first-order chi connectivity index (χ1) is 21.3. The molecule has 4 fully saturated rings. The normalized spacial score (nSPS) is 27.5. The molecule has 2 atom stereocenters. The molecule has 5 heterocycles. The monoisotopic (exact) mass is 618 g/mol. The zero-order chi connectivity index (χ0) is 30.7. The summed E-state index contributed by atoms with van der Waals surface area (Å²) < 4.78 is 42.5. The average Bonchev–Trinajstić information content (AvgIpc) is 3.52. The Morgan fingerprint density at radius 1 is 0.955 bits per heavy atom. The standard InChI is InChI=1S/C32H49F3N8O/c33-24-18-37-30-28(29(36)39-43(30)20-24)31(44)38-26-21-42(25-8-6-4-2-1-3-5-7-9-25)16-12-27(26)41-14-10-23(11-15-41)19-40-17-13-32(34,35)22-40/h18,20,23,25-27H,1-17,19,21-22H2,(H2,36,39)(H,38,44). The Hall–Kier alpha value is -2.44. The summed E-state index contributed by atoms with van der Waals surface area (Å²) in [4.78, 5) is 25.0. The first-order valence-corrected chi connectivity index (χ1v) is 16.9. The van der Waals surface area contributed by atoms with Crippen LogP contribution in [0.25, 0.3) is 5.65 Å². The molecule has 2 aromatic rings. The van der Waals surface area contributed by atoms with E-state index in [1.807, 2.05) is 4.90 Å². The summed E-state index contributed by atoms with van der Waals surface area (Å²) in [5.74, 6) is -2.98. The number of carbonyl (C=O) groups is 1. The van der Waals surface area contributed by atoms with Crippen molar-refractivity contribution in [2.24, 2.45) is 5.92 Å². The first kappa shape index (κ1) is 31.5. The van der Waals surface area contributed by atoms with Gasteiger partial charge in [-0.05, 0) is 51.1 Å². The number of hydrogen-bond donors (Lipinski definition) is 2. The van der Waals surface area contributed by atoms with E-state index in [-0.39, 0.29) is 48.0 Å². The van der Waals surface area contributed by atoms with Crippen molar-refractivity contribution in [3.05, 3.63) is 23.8 Å². The van der Waals surface area contributed by atoms with Gasteiger partial charge in [-0.25, -0.2) is 22.7 Å². The van der Waals surface area contributed by atoms with Gasteiger partial charge in [-0.2, -0.15) is 0 Å². The minimum absolute atomic E-state index is 0.0328. The third-order valence-electron chi connectivity index (χ3n) is 10.6. The van der Waals surface area contributed by atoms with Gasteiger partial charge in [0, 0.05) is 44.7 Å². The lowest BCUT2D eigenvalue weighted by Crippen LogP contribution is -2.63. The van der Waals surface area contributed by atoms with Crippen LogP contribution < -0.4 is 11.1 Å². The number of nitrogen functional groups attached to an aromatic ring is 1. The number of anilines is 1. The summed E-state index contributed by atoms with van der Waals surface area (Å²) in [7, 11) is 0. The highest BCUT2D eigenvalue weighted by molar-refractivity contribution is 6.04. The largest absolute Gasteiger partial charge is 0.381 e. The molecule has 0 bridgehead atoms. The van der Waals surface area contributed by atoms with Crippen LogP contribution in [0.2, 0.25) is 0 Å². The minimum Gasteiger partial charge on any atom is -0.381 e. The van der Waals surface area contributed by atoms with Crippen LogP contribution in [-0.2, 0) is 0 Å². The highest BCUT2D eigenvalue weighted by Gasteiger charge is 2.41. The highest BCUT2D eigenvalue weighted by atomic mass is 19.3. The number of nitrogens with zero attached hydrogens (tertiary/aromatic N) is 6. The van der Waals surface area contributed by atoms with Crippen molar-refractivity contribution >= 4 is 17.4 Å². The van der Waals surface area contributed by atoms with Crippen molar-refractivity contribution in [1.82, 2.24) is 34.6 Å². The molecule has 0 radical (unpaired) electrons. The van der Waals surface area contributed by atoms with Gasteiger partial charge in [0.25, 0.3) is 11.8 Å². The molecule has 2 unspecified atom stereocenters. The molecule has 244 valence electrons. The molecule has 1 saturated carbocycles. The fourth-order valence-corrected chi connectivity index (χ4v) is 8.21. The molecule has 6 rings (SSSR count). The lowest BCUT2D eigenvalue weighted by Gasteiger charge is -2.48. The molecule has 12 heteroatoms. The number of alkyl halides is 2. The molecule has 2 aromatic heterocycles. The van der Waals surface area contributed by atoms with E-state index < -0.39 is 11.7 Å². The van der Waals surface area contributed by atoms with Crippen LogP contribution in [0.1, 0.15) is 93.8 Å². The van der Waals surface area contributed by atoms with Crippen LogP contribution >= 0.6 is 0 Å². The zero-order valence-electron chi connectivity index (χ0n) is 25.9. The number of nitrogens with two attached hydrogens (primary N) is 1. The molecule has 1 aliphatic carbocycles. The predicted octanol–water partition coefficient (Wildman–Crippen LogP) is 4.57. The van der Waals surface area contributed by atoms with Crippen LogP contribution in [0.15, 0.2) is 12.4 Å². The number of likely N-dealkylation sites (tertiary alicyclic amines) is 3. The number of piperidine rings is 2. The van der Waals surface area contributed by atoms with Crippen LogP contribution in [-0.4, -0.2) is 105 Å². The average molecular weight is 619 g/mol. The predicted molar refractivity (Wildman–Crippen MR) is 164 cm³/mol. The fourth-order valence-electron chi connectivity index (χ4n) is 8.21. The third kappa shape index (κ3) is 7.50. The van der Waals surface area contributed by atoms with Crippen LogP contribution in [0.5, 0.6) is 0 Å². The Labute approximate surface area is 258 Å². The Bertz CT molecular complexity index is 1260. The molecule has 4 aliphatic rings. The number of amides is 1. The maximum absolute atomic E-state index is 13.8. The lowest BCUT2D eigenvalue weighted by molar-refractivity contribution is 0.00664. The quantitative estimate of drug-likeness (QED) is 0.490. The molecular weight excluding hydrogens is 569 g/mol. The van der Waals surface area contributed by atoms with Crippen molar-refractivity contribution in [3.8, 4) is 0 Å². The van der Waals surface area contributed by atoms with Gasteiger partial charge >= 0.3 is 0 Å². The molecule has 1 amide bonds. The lowest BCUT2D eigenvalue weighted by atomic mass is 9.89. The maximum Gasteiger partial charge on any atom is 0.261 e. The summed E-state index contributed by atoms with van der Waals surface area (Å²) in [6.45, 7) is 4.68. The van der Waals surface area contributed by atoms with E-state index in [1.165, 1.54) is 68.5 Å². The molecule has 0 aromatic carbocycles. The van der Waals surface area contributed by atoms with Gasteiger partial charge in [-0.1, -0.05) is 44.9 Å². The fraction of sp³-hybridized carbons (Fsp3) is 0.781. The van der Waals surface area contributed by atoms with Crippen molar-refractivity contribution in [2.75, 3.05) is 51.5 Å². The van der Waals surface area contributed by atoms with Gasteiger partial charge in [-0.3, -0.25) is 19.5 Å². The Morgan fingerprint density at radius 2 is 1.64 bits per heavy atom. The molecule has 44 heavy (non-hydrogen) atoms. The van der Waals surface area contributed by atoms with Gasteiger partial charge in [0.05, 0.1) is 25.0 Å². The molecule has 9 nitrogen and oxygen atoms in total. The summed E-state index contributed by atoms with van der Waals surface area (Å²) in [5.41, 5.74) is 6.59. The number of carbonyl (C=O) groups excluding carboxylic acids is 1. The second kappa shape index (κ2) is 13.9. The summed E-state index contributed by atoms with van der Waals surface area (Å²) in [6.07, 6.45) is 16.6. The van der Waals surface area contributed by atoms with Crippen LogP contribution in [0.4, 0.5) is 19.0 Å². The first-order valence-electron chi connectivity index (χ1n) is 16.9. The van der Waals surface area contributed by atoms with Crippen molar-refractivity contribution in [1.29, 1.82) is 0 Å². The molecular formula is C32H49F3N8O. The second-order valence-electron chi connectivity index (χ2n) is 13.8. The van der Waals surface area contributed by atoms with E-state index in [2.05, 4.69) is 25.2 Å². The van der Waals surface area contributed by atoms with Gasteiger partial charge < -0.3 is 11.1 Å². The second-order valence-corrected chi connectivity index (χ2v) is 13.8. The number of aromatic nitrogens is 3. The van der Waals surface area contributed by atoms with Gasteiger partial charge in [0.15, 0.2) is 17.3 Å². The molecule has 3 saturated heterocycles. The van der Waals surface area contributed by atoms with Crippen molar-refractivity contribution in [2.45, 2.75) is 108 Å². The summed E-state index contributed by atoms with van der Waals surface area (Å²) >= 11 is 0. The number of nitrogens with one attached hydrogen (secondary N) is 1. The SMILES string of the molecule is Nc1nn2cc(F)cnc2c1C(=O)NC1CN(C2CCCCCCCCC2)CCC1N1CCC(CN2CCC(F)(F)C2)CC1. The Balaban J connectivity index is 1.15. The van der Waals surface area contributed by atoms with Crippen LogP contribution in [0, 0.1) is 11.7 Å². The summed E-state index contributed by atoms with van der Waals surface area (Å²) in [6, 6.07) is 0.569. The van der Waals surface area contributed by atoms with E-state index in [1.54, 1.807) is 0 Å². The van der Waals surface area contributed by atoms with E-state index in [4.69, 9.17) is 5.73 Å². The topological polar surface area (TPSA) is 95.0 Å². The number of hydrogen-bond acceptors (Lipinski definition) is 7. The Kier molecular flexibility index (Phi) is 9.97. The van der Waals surface area contributed by atoms with Gasteiger partial charge in [-0.15, -0.1) is 5.10 Å². The maximum atomic E-state index is 13.8. The smallest absolute Gasteiger partial charge is 0.261 e. The van der Waals surface area contributed by atoms with E-state index in [0.29, 0.717) is 18.5 Å². The molecule has 3 aliphatic heterocycles. The molecule has 0 spiro atoms. The number of halogens is 3. The van der Waals surface area contributed by atoms with Gasteiger partial charge in [0.1, 0.15) is 5.56 Å². The van der Waals surface area contributed by atoms with Crippen molar-refractivity contribution < 1.29 is 18.0 Å². The molecule has 3 N–H and O–H groups in total. The van der Waals surface area contributed by atoms with Gasteiger partial charge in [0.2, 0.25) is 0 Å². The van der Waals surface area contributed by atoms with E-state index in [0.717, 1.165) is 58.2 Å². The Morgan fingerprint density at radius 3 is 2.32 bits per heavy atom. The number of rotatable bonds is 6. The summed E-state index contributed by atoms with van der Waals surface area (Å²) in [5, 5.41) is 7.47. The van der Waals surface area contributed by atoms with Crippen molar-refractivity contribution in [3.63, 3.8) is 0 Å². The number of fused-ring (bicyclic) bond motifs is 1. The highest BCUT2D eigenvalue weighted by Crippen LogP contribution is 2.31. The zero-order valence-corrected chi connectivity index (χ0v) is 25.9. The third-order valence-corrected chi connectivity index (χ3v) is 10.6. The van der Waals surface area contributed by atoms with E-state index in [9.17, 15) is 18.0 Å².